The first-order valence-corrected chi connectivity index (χ1v) is 13.8. The predicted octanol–water partition coefficient (Wildman–Crippen LogP) is 4.65. The molecule has 1 atom stereocenters. The summed E-state index contributed by atoms with van der Waals surface area (Å²) in [5.74, 6) is 1.15. The average molecular weight is 501 g/mol. The Bertz CT molecular complexity index is 1150. The smallest absolute Gasteiger partial charge is 0.264 e. The molecule has 2 aromatic carbocycles. The molecule has 0 saturated heterocycles. The standard InChI is InChI=1S/C27H36N2O5S/c1-27(2,3)20-10-15-24-23(16-20)29(35(31,32)22-13-11-21(33-4)12-14-22)18-25(34-24)26(30)28-17-19-8-6-5-7-9-19/h10-16,19,25H,5-9,17-18H2,1-4H3,(H,28,30)/t25-/m0/s1. The molecule has 0 unspecified atom stereocenters. The highest BCUT2D eigenvalue weighted by Gasteiger charge is 2.38. The highest BCUT2D eigenvalue weighted by molar-refractivity contribution is 7.92. The molecule has 0 radical (unpaired) electrons. The maximum Gasteiger partial charge on any atom is 0.264 e. The number of fused-ring (bicyclic) bond motifs is 1. The third kappa shape index (κ3) is 5.58. The number of rotatable bonds is 6. The minimum atomic E-state index is -3.95. The Labute approximate surface area is 208 Å². The lowest BCUT2D eigenvalue weighted by atomic mass is 9.86. The third-order valence-electron chi connectivity index (χ3n) is 6.92. The van der Waals surface area contributed by atoms with Gasteiger partial charge in [-0.05, 0) is 66.1 Å². The van der Waals surface area contributed by atoms with Crippen LogP contribution in [0.25, 0.3) is 0 Å². The highest BCUT2D eigenvalue weighted by atomic mass is 32.2. The van der Waals surface area contributed by atoms with Crippen LogP contribution in [0.1, 0.15) is 58.4 Å². The van der Waals surface area contributed by atoms with Crippen molar-refractivity contribution in [3.8, 4) is 11.5 Å². The molecular weight excluding hydrogens is 464 g/mol. The van der Waals surface area contributed by atoms with Gasteiger partial charge in [-0.2, -0.15) is 0 Å². The Balaban J connectivity index is 1.65. The van der Waals surface area contributed by atoms with Crippen LogP contribution in [0.3, 0.4) is 0 Å². The third-order valence-corrected chi connectivity index (χ3v) is 8.72. The van der Waals surface area contributed by atoms with Gasteiger partial charge in [0.25, 0.3) is 15.9 Å². The van der Waals surface area contributed by atoms with Crippen LogP contribution in [0.2, 0.25) is 0 Å². The number of carbonyl (C=O) groups excluding carboxylic acids is 1. The minimum absolute atomic E-state index is 0.0918. The van der Waals surface area contributed by atoms with Crippen molar-refractivity contribution in [3.63, 3.8) is 0 Å². The van der Waals surface area contributed by atoms with Crippen LogP contribution in [-0.2, 0) is 20.2 Å². The van der Waals surface area contributed by atoms with E-state index < -0.39 is 16.1 Å². The summed E-state index contributed by atoms with van der Waals surface area (Å²) in [6.45, 7) is 6.72. The van der Waals surface area contributed by atoms with Crippen LogP contribution in [0.4, 0.5) is 5.69 Å². The number of benzene rings is 2. The molecule has 2 aliphatic rings. The number of ether oxygens (including phenoxy) is 2. The fourth-order valence-corrected chi connectivity index (χ4v) is 6.17. The molecule has 1 heterocycles. The molecule has 1 saturated carbocycles. The van der Waals surface area contributed by atoms with Gasteiger partial charge in [0, 0.05) is 6.54 Å². The minimum Gasteiger partial charge on any atom is -0.497 e. The van der Waals surface area contributed by atoms with Crippen LogP contribution in [0.5, 0.6) is 11.5 Å². The first-order chi connectivity index (χ1) is 16.6. The summed E-state index contributed by atoms with van der Waals surface area (Å²) in [4.78, 5) is 13.2. The summed E-state index contributed by atoms with van der Waals surface area (Å²) in [6, 6.07) is 11.8. The lowest BCUT2D eigenvalue weighted by molar-refractivity contribution is -0.128. The second-order valence-corrected chi connectivity index (χ2v) is 12.4. The lowest BCUT2D eigenvalue weighted by Gasteiger charge is -2.36. The Morgan fingerprint density at radius 1 is 1.09 bits per heavy atom. The van der Waals surface area contributed by atoms with E-state index in [1.54, 1.807) is 18.2 Å². The van der Waals surface area contributed by atoms with Crippen LogP contribution in [0, 0.1) is 5.92 Å². The van der Waals surface area contributed by atoms with Gasteiger partial charge >= 0.3 is 0 Å². The van der Waals surface area contributed by atoms with Gasteiger partial charge in [-0.3, -0.25) is 9.10 Å². The number of hydrogen-bond donors (Lipinski definition) is 1. The number of nitrogens with one attached hydrogen (secondary N) is 1. The van der Waals surface area contributed by atoms with Crippen molar-refractivity contribution in [2.45, 2.75) is 69.3 Å². The van der Waals surface area contributed by atoms with E-state index in [4.69, 9.17) is 9.47 Å². The normalized spacial score (nSPS) is 19.0. The van der Waals surface area contributed by atoms with Gasteiger partial charge in [-0.1, -0.05) is 46.1 Å². The number of hydrogen-bond acceptors (Lipinski definition) is 5. The van der Waals surface area contributed by atoms with Gasteiger partial charge in [0.2, 0.25) is 0 Å². The highest BCUT2D eigenvalue weighted by Crippen LogP contribution is 2.40. The fraction of sp³-hybridized carbons (Fsp3) is 0.519. The maximum atomic E-state index is 13.8. The maximum absolute atomic E-state index is 13.8. The van der Waals surface area contributed by atoms with E-state index >= 15 is 0 Å². The average Bonchev–Trinajstić information content (AvgIpc) is 2.86. The van der Waals surface area contributed by atoms with Gasteiger partial charge in [0.15, 0.2) is 6.10 Å². The SMILES string of the molecule is COc1ccc(S(=O)(=O)N2C[C@@H](C(=O)NCC3CCCCC3)Oc3ccc(C(C)(C)C)cc32)cc1. The van der Waals surface area contributed by atoms with E-state index in [9.17, 15) is 13.2 Å². The summed E-state index contributed by atoms with van der Waals surface area (Å²) < 4.78 is 40.1. The number of anilines is 1. The quantitative estimate of drug-likeness (QED) is 0.624. The Morgan fingerprint density at radius 3 is 2.40 bits per heavy atom. The lowest BCUT2D eigenvalue weighted by Crippen LogP contribution is -2.51. The van der Waals surface area contributed by atoms with Gasteiger partial charge in [-0.25, -0.2) is 8.42 Å². The molecule has 1 N–H and O–H groups in total. The molecule has 1 aliphatic heterocycles. The molecule has 7 nitrogen and oxygen atoms in total. The number of sulfonamides is 1. The first kappa shape index (κ1) is 25.4. The van der Waals surface area contributed by atoms with E-state index in [1.165, 1.54) is 42.8 Å². The second kappa shape index (κ2) is 10.1. The molecule has 4 rings (SSSR count). The van der Waals surface area contributed by atoms with E-state index in [1.807, 2.05) is 12.1 Å². The van der Waals surface area contributed by atoms with Crippen molar-refractivity contribution in [2.75, 3.05) is 24.5 Å². The molecule has 190 valence electrons. The van der Waals surface area contributed by atoms with Crippen molar-refractivity contribution in [3.05, 3.63) is 48.0 Å². The molecule has 35 heavy (non-hydrogen) atoms. The summed E-state index contributed by atoms with van der Waals surface area (Å²) in [6.07, 6.45) is 4.93. The Morgan fingerprint density at radius 2 is 1.77 bits per heavy atom. The van der Waals surface area contributed by atoms with Crippen molar-refractivity contribution in [2.24, 2.45) is 5.92 Å². The number of amides is 1. The molecule has 8 heteroatoms. The van der Waals surface area contributed by atoms with Crippen molar-refractivity contribution in [1.82, 2.24) is 5.32 Å². The largest absolute Gasteiger partial charge is 0.497 e. The molecule has 0 bridgehead atoms. The van der Waals surface area contributed by atoms with Crippen molar-refractivity contribution >= 4 is 21.6 Å². The summed E-state index contributed by atoms with van der Waals surface area (Å²) >= 11 is 0. The predicted molar refractivity (Wildman–Crippen MR) is 137 cm³/mol. The Hall–Kier alpha value is -2.74. The van der Waals surface area contributed by atoms with Gasteiger partial charge < -0.3 is 14.8 Å². The molecule has 1 amide bonds. The number of carbonyl (C=O) groups is 1. The monoisotopic (exact) mass is 500 g/mol. The van der Waals surface area contributed by atoms with E-state index in [2.05, 4.69) is 26.1 Å². The first-order valence-electron chi connectivity index (χ1n) is 12.4. The summed E-state index contributed by atoms with van der Waals surface area (Å²) in [5.41, 5.74) is 1.25. The molecular formula is C27H36N2O5S. The fourth-order valence-electron chi connectivity index (χ4n) is 4.71. The molecule has 0 spiro atoms. The van der Waals surface area contributed by atoms with Gasteiger partial charge in [0.05, 0.1) is 24.2 Å². The van der Waals surface area contributed by atoms with Gasteiger partial charge in [0.1, 0.15) is 11.5 Å². The summed E-state index contributed by atoms with van der Waals surface area (Å²) in [7, 11) is -2.41. The van der Waals surface area contributed by atoms with Crippen LogP contribution >= 0.6 is 0 Å². The van der Waals surface area contributed by atoms with E-state index in [0.29, 0.717) is 29.6 Å². The number of methoxy groups -OCH3 is 1. The zero-order valence-electron chi connectivity index (χ0n) is 21.0. The molecule has 2 aromatic rings. The summed E-state index contributed by atoms with van der Waals surface area (Å²) in [5, 5.41) is 3.01. The van der Waals surface area contributed by atoms with E-state index in [-0.39, 0.29) is 22.8 Å². The Kier molecular flexibility index (Phi) is 7.31. The molecule has 1 fully saturated rings. The molecule has 0 aromatic heterocycles. The van der Waals surface area contributed by atoms with Crippen LogP contribution in [0.15, 0.2) is 47.4 Å². The van der Waals surface area contributed by atoms with Crippen LogP contribution < -0.4 is 19.1 Å². The zero-order chi connectivity index (χ0) is 25.2. The molecule has 1 aliphatic carbocycles. The topological polar surface area (TPSA) is 84.9 Å². The van der Waals surface area contributed by atoms with Crippen LogP contribution in [-0.4, -0.2) is 40.6 Å². The second-order valence-electron chi connectivity index (χ2n) is 10.5. The van der Waals surface area contributed by atoms with Crippen molar-refractivity contribution in [1.29, 1.82) is 0 Å². The van der Waals surface area contributed by atoms with Gasteiger partial charge in [-0.15, -0.1) is 0 Å². The van der Waals surface area contributed by atoms with Crippen molar-refractivity contribution < 1.29 is 22.7 Å². The zero-order valence-corrected chi connectivity index (χ0v) is 21.9. The number of nitrogens with zero attached hydrogens (tertiary/aromatic N) is 1. The van der Waals surface area contributed by atoms with E-state index in [0.717, 1.165) is 18.4 Å².